The zero-order valence-corrected chi connectivity index (χ0v) is 9.53. The van der Waals surface area contributed by atoms with Gasteiger partial charge in [-0.25, -0.2) is 9.97 Å². The number of halogens is 3. The van der Waals surface area contributed by atoms with Gasteiger partial charge in [0.15, 0.2) is 0 Å². The summed E-state index contributed by atoms with van der Waals surface area (Å²) in [6.07, 6.45) is -4.70. The highest BCUT2D eigenvalue weighted by Gasteiger charge is 2.35. The summed E-state index contributed by atoms with van der Waals surface area (Å²) >= 11 is 0. The molecule has 1 heterocycles. The van der Waals surface area contributed by atoms with Crippen molar-refractivity contribution in [2.75, 3.05) is 23.7 Å². The van der Waals surface area contributed by atoms with Gasteiger partial charge in [-0.3, -0.25) is 4.79 Å². The average Bonchev–Trinajstić information content (AvgIpc) is 2.23. The molecule has 1 amide bonds. The Morgan fingerprint density at radius 2 is 2.06 bits per heavy atom. The number of rotatable bonds is 4. The number of nitrogen functional groups attached to an aromatic ring is 1. The molecule has 0 radical (unpaired) electrons. The number of primary amides is 1. The van der Waals surface area contributed by atoms with Crippen LogP contribution >= 0.6 is 0 Å². The van der Waals surface area contributed by atoms with Crippen molar-refractivity contribution in [1.29, 1.82) is 0 Å². The first-order valence-electron chi connectivity index (χ1n) is 4.99. The molecule has 1 aromatic rings. The number of nitrogens with zero attached hydrogens (tertiary/aromatic N) is 3. The van der Waals surface area contributed by atoms with Crippen LogP contribution in [0.3, 0.4) is 0 Å². The van der Waals surface area contributed by atoms with Gasteiger partial charge in [0, 0.05) is 12.6 Å². The van der Waals surface area contributed by atoms with Gasteiger partial charge in [-0.2, -0.15) is 13.2 Å². The number of anilines is 2. The normalized spacial score (nSPS) is 11.3. The molecule has 0 aliphatic carbocycles. The number of hydrogen-bond acceptors (Lipinski definition) is 5. The smallest absolute Gasteiger partial charge is 0.384 e. The van der Waals surface area contributed by atoms with Gasteiger partial charge in [0.2, 0.25) is 11.7 Å². The van der Waals surface area contributed by atoms with E-state index >= 15 is 0 Å². The van der Waals surface area contributed by atoms with Crippen molar-refractivity contribution in [3.63, 3.8) is 0 Å². The van der Waals surface area contributed by atoms with Gasteiger partial charge < -0.3 is 16.4 Å². The number of hydrogen-bond donors (Lipinski definition) is 2. The van der Waals surface area contributed by atoms with E-state index in [9.17, 15) is 18.0 Å². The summed E-state index contributed by atoms with van der Waals surface area (Å²) in [6, 6.07) is 1.15. The van der Waals surface area contributed by atoms with Crippen LogP contribution in [0.1, 0.15) is 12.7 Å². The van der Waals surface area contributed by atoms with E-state index < -0.39 is 17.9 Å². The van der Waals surface area contributed by atoms with Crippen LogP contribution < -0.4 is 16.4 Å². The van der Waals surface area contributed by atoms with Crippen molar-refractivity contribution in [3.05, 3.63) is 11.9 Å². The fourth-order valence-corrected chi connectivity index (χ4v) is 1.28. The maximum absolute atomic E-state index is 12.5. The minimum Gasteiger partial charge on any atom is -0.384 e. The molecule has 4 N–H and O–H groups in total. The Kier molecular flexibility index (Phi) is 3.94. The SMILES string of the molecule is CCN(CC(N)=O)c1cc(N)nc(C(F)(F)F)n1. The maximum atomic E-state index is 12.5. The molecular weight excluding hydrogens is 251 g/mol. The first kappa shape index (κ1) is 14.0. The van der Waals surface area contributed by atoms with Crippen LogP contribution in [0, 0.1) is 0 Å². The Balaban J connectivity index is 3.15. The number of likely N-dealkylation sites (N-methyl/N-ethyl adjacent to an activating group) is 1. The highest BCUT2D eigenvalue weighted by molar-refractivity contribution is 5.79. The molecule has 0 bridgehead atoms. The van der Waals surface area contributed by atoms with E-state index in [0.717, 1.165) is 6.07 Å². The predicted octanol–water partition coefficient (Wildman–Crippen LogP) is 0.389. The monoisotopic (exact) mass is 263 g/mol. The van der Waals surface area contributed by atoms with Crippen molar-refractivity contribution >= 4 is 17.5 Å². The molecule has 0 aliphatic heterocycles. The van der Waals surface area contributed by atoms with Gasteiger partial charge in [0.25, 0.3) is 0 Å². The second-order valence-corrected chi connectivity index (χ2v) is 3.45. The fourth-order valence-electron chi connectivity index (χ4n) is 1.28. The lowest BCUT2D eigenvalue weighted by Crippen LogP contribution is -2.34. The summed E-state index contributed by atoms with van der Waals surface area (Å²) in [5.41, 5.74) is 10.3. The molecule has 0 aliphatic rings. The minimum atomic E-state index is -4.70. The molecule has 6 nitrogen and oxygen atoms in total. The number of amides is 1. The van der Waals surface area contributed by atoms with Crippen molar-refractivity contribution in [1.82, 2.24) is 9.97 Å². The van der Waals surface area contributed by atoms with Crippen LogP contribution in [0.25, 0.3) is 0 Å². The molecule has 0 unspecified atom stereocenters. The maximum Gasteiger partial charge on any atom is 0.451 e. The summed E-state index contributed by atoms with van der Waals surface area (Å²) in [4.78, 5) is 18.5. The number of carbonyl (C=O) groups excluding carboxylic acids is 1. The third-order valence-electron chi connectivity index (χ3n) is 2.04. The third-order valence-corrected chi connectivity index (χ3v) is 2.04. The van der Waals surface area contributed by atoms with E-state index in [1.54, 1.807) is 6.92 Å². The minimum absolute atomic E-state index is 0.0869. The second-order valence-electron chi connectivity index (χ2n) is 3.45. The third kappa shape index (κ3) is 3.47. The fraction of sp³-hybridized carbons (Fsp3) is 0.444. The Hall–Kier alpha value is -2.06. The molecule has 1 aromatic heterocycles. The largest absolute Gasteiger partial charge is 0.451 e. The molecule has 0 fully saturated rings. The second kappa shape index (κ2) is 5.07. The van der Waals surface area contributed by atoms with E-state index in [0.29, 0.717) is 0 Å². The summed E-state index contributed by atoms with van der Waals surface area (Å²) in [5.74, 6) is -2.44. The Morgan fingerprint density at radius 3 is 2.50 bits per heavy atom. The Labute approximate surface area is 101 Å². The highest BCUT2D eigenvalue weighted by atomic mass is 19.4. The first-order chi connectivity index (χ1) is 8.24. The van der Waals surface area contributed by atoms with Gasteiger partial charge in [0.1, 0.15) is 11.6 Å². The molecule has 18 heavy (non-hydrogen) atoms. The Bertz CT molecular complexity index is 448. The predicted molar refractivity (Wildman–Crippen MR) is 58.5 cm³/mol. The first-order valence-corrected chi connectivity index (χ1v) is 4.99. The van der Waals surface area contributed by atoms with Gasteiger partial charge >= 0.3 is 6.18 Å². The number of alkyl halides is 3. The van der Waals surface area contributed by atoms with E-state index in [1.807, 2.05) is 0 Å². The van der Waals surface area contributed by atoms with Gasteiger partial charge in [-0.05, 0) is 6.92 Å². The molecule has 0 saturated carbocycles. The Morgan fingerprint density at radius 1 is 1.44 bits per heavy atom. The number of nitrogens with two attached hydrogens (primary N) is 2. The van der Waals surface area contributed by atoms with E-state index in [2.05, 4.69) is 9.97 Å². The lowest BCUT2D eigenvalue weighted by Gasteiger charge is -2.21. The summed E-state index contributed by atoms with van der Waals surface area (Å²) in [6.45, 7) is 1.66. The molecule has 9 heteroatoms. The molecule has 0 saturated heterocycles. The number of carbonyl (C=O) groups is 1. The molecule has 100 valence electrons. The highest BCUT2D eigenvalue weighted by Crippen LogP contribution is 2.28. The van der Waals surface area contributed by atoms with Crippen molar-refractivity contribution in [2.45, 2.75) is 13.1 Å². The van der Waals surface area contributed by atoms with E-state index in [1.165, 1.54) is 4.90 Å². The molecular formula is C9H12F3N5O. The average molecular weight is 263 g/mol. The van der Waals surface area contributed by atoms with Crippen molar-refractivity contribution in [2.24, 2.45) is 5.73 Å². The van der Waals surface area contributed by atoms with E-state index in [4.69, 9.17) is 11.5 Å². The quantitative estimate of drug-likeness (QED) is 0.818. The van der Waals surface area contributed by atoms with Gasteiger partial charge in [-0.15, -0.1) is 0 Å². The van der Waals surface area contributed by atoms with Gasteiger partial charge in [-0.1, -0.05) is 0 Å². The zero-order valence-electron chi connectivity index (χ0n) is 9.53. The van der Waals surface area contributed by atoms with Crippen LogP contribution in [-0.2, 0) is 11.0 Å². The van der Waals surface area contributed by atoms with Crippen LogP contribution in [0.2, 0.25) is 0 Å². The van der Waals surface area contributed by atoms with Crippen LogP contribution in [0.15, 0.2) is 6.07 Å². The lowest BCUT2D eigenvalue weighted by atomic mass is 10.4. The molecule has 0 spiro atoms. The van der Waals surface area contributed by atoms with E-state index in [-0.39, 0.29) is 24.7 Å². The van der Waals surface area contributed by atoms with Crippen LogP contribution in [-0.4, -0.2) is 29.0 Å². The zero-order chi connectivity index (χ0) is 13.9. The van der Waals surface area contributed by atoms with Crippen LogP contribution in [0.4, 0.5) is 24.8 Å². The molecule has 0 atom stereocenters. The standard InChI is InChI=1S/C9H12F3N5O/c1-2-17(4-6(14)18)7-3-5(13)15-8(16-7)9(10,11)12/h3H,2,4H2,1H3,(H2,14,18)(H2,13,15,16). The van der Waals surface area contributed by atoms with Crippen molar-refractivity contribution in [3.8, 4) is 0 Å². The molecule has 0 aromatic carbocycles. The summed E-state index contributed by atoms with van der Waals surface area (Å²) < 4.78 is 37.5. The topological polar surface area (TPSA) is 98.1 Å². The summed E-state index contributed by atoms with van der Waals surface area (Å²) in [7, 11) is 0. The van der Waals surface area contributed by atoms with Crippen LogP contribution in [0.5, 0.6) is 0 Å². The van der Waals surface area contributed by atoms with Crippen molar-refractivity contribution < 1.29 is 18.0 Å². The lowest BCUT2D eigenvalue weighted by molar-refractivity contribution is -0.144. The number of aromatic nitrogens is 2. The summed E-state index contributed by atoms with van der Waals surface area (Å²) in [5, 5.41) is 0. The van der Waals surface area contributed by atoms with Gasteiger partial charge in [0.05, 0.1) is 6.54 Å². The molecule has 1 rings (SSSR count).